The molecule has 2 aromatic rings. The van der Waals surface area contributed by atoms with Crippen molar-refractivity contribution in [2.24, 2.45) is 0 Å². The summed E-state index contributed by atoms with van der Waals surface area (Å²) in [6.45, 7) is 2.54. The fourth-order valence-electron chi connectivity index (χ4n) is 3.13. The number of sulfonamides is 1. The fourth-order valence-corrected chi connectivity index (χ4v) is 4.96. The first-order valence-corrected chi connectivity index (χ1v) is 10.8. The molecule has 1 aliphatic heterocycles. The molecule has 1 heterocycles. The second kappa shape index (κ2) is 8.56. The highest BCUT2D eigenvalue weighted by molar-refractivity contribution is 9.10. The van der Waals surface area contributed by atoms with Crippen molar-refractivity contribution < 1.29 is 18.1 Å². The summed E-state index contributed by atoms with van der Waals surface area (Å²) in [6.07, 6.45) is 0. The molecule has 1 fully saturated rings. The number of rotatable bonds is 6. The molecule has 0 saturated carbocycles. The van der Waals surface area contributed by atoms with E-state index in [0.717, 1.165) is 15.8 Å². The lowest BCUT2D eigenvalue weighted by Crippen LogP contribution is -2.48. The van der Waals surface area contributed by atoms with Crippen LogP contribution in [0.1, 0.15) is 5.56 Å². The lowest BCUT2D eigenvalue weighted by molar-refractivity contribution is -0.384. The van der Waals surface area contributed by atoms with Gasteiger partial charge in [-0.2, -0.15) is 4.31 Å². The highest BCUT2D eigenvalue weighted by Gasteiger charge is 2.29. The van der Waals surface area contributed by atoms with Crippen LogP contribution in [0.2, 0.25) is 0 Å². The van der Waals surface area contributed by atoms with Crippen LogP contribution in [-0.4, -0.2) is 55.8 Å². The van der Waals surface area contributed by atoms with Crippen molar-refractivity contribution in [1.29, 1.82) is 0 Å². The van der Waals surface area contributed by atoms with Crippen LogP contribution in [0, 0.1) is 10.1 Å². The van der Waals surface area contributed by atoms with Gasteiger partial charge in [0.1, 0.15) is 5.75 Å². The van der Waals surface area contributed by atoms with Gasteiger partial charge in [0.05, 0.1) is 16.9 Å². The molecule has 0 spiro atoms. The van der Waals surface area contributed by atoms with Crippen LogP contribution in [0.5, 0.6) is 5.75 Å². The third-order valence-corrected chi connectivity index (χ3v) is 7.06. The van der Waals surface area contributed by atoms with E-state index in [9.17, 15) is 18.5 Å². The molecule has 150 valence electrons. The largest absolute Gasteiger partial charge is 0.496 e. The molecule has 0 N–H and O–H groups in total. The Morgan fingerprint density at radius 1 is 1.11 bits per heavy atom. The molecular weight excluding hydrogens is 450 g/mol. The second-order valence-corrected chi connectivity index (χ2v) is 9.24. The lowest BCUT2D eigenvalue weighted by Gasteiger charge is -2.34. The maximum atomic E-state index is 12.8. The average molecular weight is 470 g/mol. The topological polar surface area (TPSA) is 93.0 Å². The van der Waals surface area contributed by atoms with Crippen LogP contribution in [0.15, 0.2) is 51.8 Å². The normalized spacial score (nSPS) is 16.1. The van der Waals surface area contributed by atoms with Crippen LogP contribution in [-0.2, 0) is 16.6 Å². The molecule has 0 amide bonds. The molecule has 28 heavy (non-hydrogen) atoms. The fraction of sp³-hybridized carbons (Fsp3) is 0.333. The number of hydrogen-bond acceptors (Lipinski definition) is 6. The zero-order chi connectivity index (χ0) is 20.3. The molecule has 1 saturated heterocycles. The monoisotopic (exact) mass is 469 g/mol. The minimum absolute atomic E-state index is 0.0696. The van der Waals surface area contributed by atoms with E-state index in [1.54, 1.807) is 7.11 Å². The summed E-state index contributed by atoms with van der Waals surface area (Å²) in [4.78, 5) is 12.4. The Morgan fingerprint density at radius 3 is 2.32 bits per heavy atom. The highest BCUT2D eigenvalue weighted by atomic mass is 79.9. The number of hydrogen-bond donors (Lipinski definition) is 0. The Morgan fingerprint density at radius 2 is 1.75 bits per heavy atom. The number of halogens is 1. The molecule has 1 aliphatic rings. The van der Waals surface area contributed by atoms with E-state index in [0.29, 0.717) is 32.7 Å². The van der Waals surface area contributed by atoms with Crippen LogP contribution < -0.4 is 4.74 Å². The van der Waals surface area contributed by atoms with Crippen molar-refractivity contribution in [1.82, 2.24) is 9.21 Å². The van der Waals surface area contributed by atoms with E-state index in [-0.39, 0.29) is 10.6 Å². The maximum Gasteiger partial charge on any atom is 0.269 e. The van der Waals surface area contributed by atoms with Gasteiger partial charge in [-0.05, 0) is 30.3 Å². The van der Waals surface area contributed by atoms with E-state index in [1.807, 2.05) is 18.2 Å². The Kier molecular flexibility index (Phi) is 6.33. The second-order valence-electron chi connectivity index (χ2n) is 6.39. The van der Waals surface area contributed by atoms with Gasteiger partial charge in [-0.25, -0.2) is 8.42 Å². The van der Waals surface area contributed by atoms with Gasteiger partial charge in [-0.3, -0.25) is 15.0 Å². The quantitative estimate of drug-likeness (QED) is 0.476. The van der Waals surface area contributed by atoms with E-state index in [1.165, 1.54) is 28.6 Å². The summed E-state index contributed by atoms with van der Waals surface area (Å²) in [7, 11) is -2.04. The molecule has 0 aliphatic carbocycles. The zero-order valence-corrected chi connectivity index (χ0v) is 17.6. The Hall–Kier alpha value is -2.01. The van der Waals surface area contributed by atoms with Gasteiger partial charge >= 0.3 is 0 Å². The Bertz CT molecular complexity index is 958. The van der Waals surface area contributed by atoms with Crippen LogP contribution in [0.4, 0.5) is 5.69 Å². The number of ether oxygens (including phenoxy) is 1. The third kappa shape index (κ3) is 4.52. The molecule has 2 aromatic carbocycles. The zero-order valence-electron chi connectivity index (χ0n) is 15.2. The van der Waals surface area contributed by atoms with Gasteiger partial charge in [0.15, 0.2) is 0 Å². The molecular formula is C18H20BrN3O5S. The third-order valence-electron chi connectivity index (χ3n) is 4.65. The molecule has 10 heteroatoms. The summed E-state index contributed by atoms with van der Waals surface area (Å²) >= 11 is 3.46. The Labute approximate surface area is 172 Å². The van der Waals surface area contributed by atoms with E-state index >= 15 is 0 Å². The summed E-state index contributed by atoms with van der Waals surface area (Å²) < 4.78 is 33.4. The van der Waals surface area contributed by atoms with Gasteiger partial charge in [0.2, 0.25) is 10.0 Å². The average Bonchev–Trinajstić information content (AvgIpc) is 2.68. The standard InChI is InChI=1S/C18H20BrN3O5S/c1-27-18-7-2-15(19)12-14(18)13-20-8-10-21(11-9-20)28(25,26)17-5-3-16(4-6-17)22(23)24/h2-7,12H,8-11,13H2,1H3. The van der Waals surface area contributed by atoms with Crippen molar-refractivity contribution in [3.63, 3.8) is 0 Å². The molecule has 0 bridgehead atoms. The maximum absolute atomic E-state index is 12.8. The summed E-state index contributed by atoms with van der Waals surface area (Å²) in [5, 5.41) is 10.7. The predicted octanol–water partition coefficient (Wildman–Crippen LogP) is 2.87. The van der Waals surface area contributed by atoms with E-state index in [2.05, 4.69) is 20.8 Å². The minimum atomic E-state index is -3.67. The number of benzene rings is 2. The van der Waals surface area contributed by atoms with Gasteiger partial charge in [-0.1, -0.05) is 15.9 Å². The number of piperazine rings is 1. The summed E-state index contributed by atoms with van der Waals surface area (Å²) in [5.41, 5.74) is 0.898. The molecule has 8 nitrogen and oxygen atoms in total. The van der Waals surface area contributed by atoms with E-state index in [4.69, 9.17) is 4.74 Å². The van der Waals surface area contributed by atoms with Crippen molar-refractivity contribution in [3.05, 3.63) is 62.6 Å². The molecule has 0 radical (unpaired) electrons. The first-order valence-electron chi connectivity index (χ1n) is 8.60. The number of non-ortho nitro benzene ring substituents is 1. The summed E-state index contributed by atoms with van der Waals surface area (Å²) in [6, 6.07) is 10.8. The van der Waals surface area contributed by atoms with Crippen LogP contribution in [0.3, 0.4) is 0 Å². The van der Waals surface area contributed by atoms with Crippen molar-refractivity contribution in [2.45, 2.75) is 11.4 Å². The van der Waals surface area contributed by atoms with Crippen molar-refractivity contribution >= 4 is 31.6 Å². The number of nitro benzene ring substituents is 1. The van der Waals surface area contributed by atoms with Crippen LogP contribution >= 0.6 is 15.9 Å². The SMILES string of the molecule is COc1ccc(Br)cc1CN1CCN(S(=O)(=O)c2ccc([N+](=O)[O-])cc2)CC1. The minimum Gasteiger partial charge on any atom is -0.496 e. The Balaban J connectivity index is 1.66. The molecule has 3 rings (SSSR count). The smallest absolute Gasteiger partial charge is 0.269 e. The number of nitrogens with zero attached hydrogens (tertiary/aromatic N) is 3. The van der Waals surface area contributed by atoms with Gasteiger partial charge in [0.25, 0.3) is 5.69 Å². The first kappa shape index (κ1) is 20.7. The number of nitro groups is 1. The van der Waals surface area contributed by atoms with Crippen molar-refractivity contribution in [2.75, 3.05) is 33.3 Å². The van der Waals surface area contributed by atoms with Crippen LogP contribution in [0.25, 0.3) is 0 Å². The summed E-state index contributed by atoms with van der Waals surface area (Å²) in [5.74, 6) is 0.795. The number of methoxy groups -OCH3 is 1. The van der Waals surface area contributed by atoms with Gasteiger partial charge in [0, 0.05) is 54.9 Å². The predicted molar refractivity (Wildman–Crippen MR) is 108 cm³/mol. The van der Waals surface area contributed by atoms with E-state index < -0.39 is 14.9 Å². The molecule has 0 aromatic heterocycles. The first-order chi connectivity index (χ1) is 13.3. The highest BCUT2D eigenvalue weighted by Crippen LogP contribution is 2.26. The lowest BCUT2D eigenvalue weighted by atomic mass is 10.2. The molecule has 0 unspecified atom stereocenters. The van der Waals surface area contributed by atoms with Gasteiger partial charge < -0.3 is 4.74 Å². The van der Waals surface area contributed by atoms with Crippen molar-refractivity contribution in [3.8, 4) is 5.75 Å². The van der Waals surface area contributed by atoms with Gasteiger partial charge in [-0.15, -0.1) is 0 Å². The molecule has 0 atom stereocenters.